The molecule has 0 fully saturated rings. The zero-order valence-corrected chi connectivity index (χ0v) is 10.8. The lowest BCUT2D eigenvalue weighted by Gasteiger charge is -2.20. The highest BCUT2D eigenvalue weighted by Crippen LogP contribution is 2.17. The van der Waals surface area contributed by atoms with Crippen molar-refractivity contribution >= 4 is 23.3 Å². The first kappa shape index (κ1) is 14.0. The van der Waals surface area contributed by atoms with Crippen LogP contribution in [-0.4, -0.2) is 18.5 Å². The zero-order valence-electron chi connectivity index (χ0n) is 10.8. The summed E-state index contributed by atoms with van der Waals surface area (Å²) < 4.78 is 0. The Bertz CT molecular complexity index is 432. The third-order valence-corrected chi connectivity index (χ3v) is 2.45. The van der Waals surface area contributed by atoms with E-state index in [0.29, 0.717) is 17.9 Å². The number of rotatable bonds is 4. The molecule has 1 aromatic carbocycles. The molecule has 0 aliphatic heterocycles. The number of imide groups is 1. The molecule has 1 aromatic rings. The van der Waals surface area contributed by atoms with Gasteiger partial charge in [-0.25, -0.2) is 9.69 Å². The number of hydrogen-bond acceptors (Lipinski definition) is 3. The molecule has 0 aliphatic carbocycles. The molecule has 0 spiro atoms. The minimum absolute atomic E-state index is 0.338. The summed E-state index contributed by atoms with van der Waals surface area (Å²) in [5.41, 5.74) is 6.65. The smallest absolute Gasteiger partial charge is 0.328 e. The summed E-state index contributed by atoms with van der Waals surface area (Å²) in [6.45, 7) is 3.94. The van der Waals surface area contributed by atoms with Gasteiger partial charge < -0.3 is 11.1 Å². The summed E-state index contributed by atoms with van der Waals surface area (Å²) in [7, 11) is 0. The number of carbonyl (C=O) groups is 2. The Hall–Kier alpha value is -2.04. The second kappa shape index (κ2) is 6.64. The predicted octanol–water partition coefficient (Wildman–Crippen LogP) is 2.13. The molecule has 0 bridgehead atoms. The van der Waals surface area contributed by atoms with Crippen molar-refractivity contribution in [3.8, 4) is 0 Å². The standard InChI is InChI=1S/C13H19N3O2/c1-3-4-8-15-13(18)16(10(2)17)12-7-5-6-11(14)9-12/h5-7,9H,3-4,8,14H2,1-2H3,(H,15,18). The average molecular weight is 249 g/mol. The van der Waals surface area contributed by atoms with E-state index in [9.17, 15) is 9.59 Å². The van der Waals surface area contributed by atoms with Gasteiger partial charge in [-0.2, -0.15) is 0 Å². The molecular formula is C13H19N3O2. The van der Waals surface area contributed by atoms with E-state index in [-0.39, 0.29) is 5.91 Å². The van der Waals surface area contributed by atoms with Crippen LogP contribution in [0.25, 0.3) is 0 Å². The molecule has 0 saturated carbocycles. The minimum Gasteiger partial charge on any atom is -0.399 e. The molecule has 3 N–H and O–H groups in total. The average Bonchev–Trinajstić information content (AvgIpc) is 2.29. The molecular weight excluding hydrogens is 230 g/mol. The normalized spacial score (nSPS) is 9.89. The van der Waals surface area contributed by atoms with E-state index in [1.807, 2.05) is 6.92 Å². The highest BCUT2D eigenvalue weighted by Gasteiger charge is 2.19. The van der Waals surface area contributed by atoms with Gasteiger partial charge in [0, 0.05) is 19.2 Å². The zero-order chi connectivity index (χ0) is 13.5. The summed E-state index contributed by atoms with van der Waals surface area (Å²) in [6.07, 6.45) is 1.87. The second-order valence-corrected chi connectivity index (χ2v) is 4.03. The van der Waals surface area contributed by atoms with E-state index in [0.717, 1.165) is 17.7 Å². The van der Waals surface area contributed by atoms with Crippen molar-refractivity contribution in [2.24, 2.45) is 0 Å². The first-order valence-corrected chi connectivity index (χ1v) is 6.00. The summed E-state index contributed by atoms with van der Waals surface area (Å²) in [4.78, 5) is 24.6. The molecule has 98 valence electrons. The third-order valence-electron chi connectivity index (χ3n) is 2.45. The Morgan fingerprint density at radius 3 is 2.67 bits per heavy atom. The van der Waals surface area contributed by atoms with Gasteiger partial charge in [-0.15, -0.1) is 0 Å². The molecule has 0 aliphatic rings. The summed E-state index contributed by atoms with van der Waals surface area (Å²) in [5, 5.41) is 2.71. The topological polar surface area (TPSA) is 75.4 Å². The van der Waals surface area contributed by atoms with Crippen molar-refractivity contribution < 1.29 is 9.59 Å². The molecule has 0 atom stereocenters. The molecule has 0 saturated heterocycles. The maximum atomic E-state index is 11.9. The number of anilines is 2. The lowest BCUT2D eigenvalue weighted by Crippen LogP contribution is -2.43. The Kier molecular flexibility index (Phi) is 5.17. The van der Waals surface area contributed by atoms with Gasteiger partial charge in [0.05, 0.1) is 5.69 Å². The molecule has 18 heavy (non-hydrogen) atoms. The molecule has 0 radical (unpaired) electrons. The van der Waals surface area contributed by atoms with Gasteiger partial charge in [0.1, 0.15) is 0 Å². The van der Waals surface area contributed by atoms with Crippen molar-refractivity contribution in [3.63, 3.8) is 0 Å². The highest BCUT2D eigenvalue weighted by atomic mass is 16.2. The fourth-order valence-electron chi connectivity index (χ4n) is 1.56. The third kappa shape index (κ3) is 3.76. The van der Waals surface area contributed by atoms with Crippen molar-refractivity contribution in [1.29, 1.82) is 0 Å². The van der Waals surface area contributed by atoms with Crippen LogP contribution in [0, 0.1) is 0 Å². The largest absolute Gasteiger partial charge is 0.399 e. The molecule has 3 amide bonds. The van der Waals surface area contributed by atoms with Gasteiger partial charge in [-0.3, -0.25) is 4.79 Å². The molecule has 5 nitrogen and oxygen atoms in total. The predicted molar refractivity (Wildman–Crippen MR) is 72.3 cm³/mol. The lowest BCUT2D eigenvalue weighted by molar-refractivity contribution is -0.115. The van der Waals surface area contributed by atoms with Gasteiger partial charge in [0.25, 0.3) is 0 Å². The Balaban J connectivity index is 2.83. The van der Waals surface area contributed by atoms with Crippen LogP contribution >= 0.6 is 0 Å². The Morgan fingerprint density at radius 2 is 2.11 bits per heavy atom. The quantitative estimate of drug-likeness (QED) is 0.634. The number of nitrogens with one attached hydrogen (secondary N) is 1. The number of carbonyl (C=O) groups excluding carboxylic acids is 2. The van der Waals surface area contributed by atoms with E-state index in [4.69, 9.17) is 5.73 Å². The summed E-state index contributed by atoms with van der Waals surface area (Å²) in [6, 6.07) is 6.27. The van der Waals surface area contributed by atoms with Crippen LogP contribution in [-0.2, 0) is 4.79 Å². The SMILES string of the molecule is CCCCNC(=O)N(C(C)=O)c1cccc(N)c1. The number of amides is 3. The summed E-state index contributed by atoms with van der Waals surface area (Å²) in [5.74, 6) is -0.338. The van der Waals surface area contributed by atoms with E-state index in [1.54, 1.807) is 24.3 Å². The van der Waals surface area contributed by atoms with Crippen LogP contribution in [0.15, 0.2) is 24.3 Å². The van der Waals surface area contributed by atoms with Crippen molar-refractivity contribution in [2.75, 3.05) is 17.2 Å². The van der Waals surface area contributed by atoms with Crippen LogP contribution in [0.1, 0.15) is 26.7 Å². The Labute approximate surface area is 107 Å². The van der Waals surface area contributed by atoms with Crippen LogP contribution < -0.4 is 16.0 Å². The second-order valence-electron chi connectivity index (χ2n) is 4.03. The van der Waals surface area contributed by atoms with Gasteiger partial charge in [0.2, 0.25) is 5.91 Å². The minimum atomic E-state index is -0.415. The van der Waals surface area contributed by atoms with Crippen molar-refractivity contribution in [2.45, 2.75) is 26.7 Å². The number of urea groups is 1. The van der Waals surface area contributed by atoms with E-state index in [1.165, 1.54) is 6.92 Å². The molecule has 0 heterocycles. The van der Waals surface area contributed by atoms with Crippen molar-refractivity contribution in [3.05, 3.63) is 24.3 Å². The molecule has 5 heteroatoms. The molecule has 0 unspecified atom stereocenters. The lowest BCUT2D eigenvalue weighted by atomic mass is 10.2. The Morgan fingerprint density at radius 1 is 1.39 bits per heavy atom. The first-order valence-electron chi connectivity index (χ1n) is 6.00. The number of nitrogens with zero attached hydrogens (tertiary/aromatic N) is 1. The number of benzene rings is 1. The van der Waals surface area contributed by atoms with Crippen molar-refractivity contribution in [1.82, 2.24) is 5.32 Å². The first-order chi connectivity index (χ1) is 8.56. The number of unbranched alkanes of at least 4 members (excludes halogenated alkanes) is 1. The maximum absolute atomic E-state index is 11.9. The van der Waals surface area contributed by atoms with Crippen LogP contribution in [0.2, 0.25) is 0 Å². The highest BCUT2D eigenvalue weighted by molar-refractivity contribution is 6.13. The van der Waals surface area contributed by atoms with E-state index < -0.39 is 6.03 Å². The number of nitrogens with two attached hydrogens (primary N) is 1. The molecule has 0 aromatic heterocycles. The van der Waals surface area contributed by atoms with Gasteiger partial charge in [0.15, 0.2) is 0 Å². The van der Waals surface area contributed by atoms with Gasteiger partial charge in [-0.1, -0.05) is 19.4 Å². The van der Waals surface area contributed by atoms with Crippen LogP contribution in [0.5, 0.6) is 0 Å². The fraction of sp³-hybridized carbons (Fsp3) is 0.385. The van der Waals surface area contributed by atoms with E-state index in [2.05, 4.69) is 5.32 Å². The van der Waals surface area contributed by atoms with Crippen LogP contribution in [0.3, 0.4) is 0 Å². The fourth-order valence-corrected chi connectivity index (χ4v) is 1.56. The monoisotopic (exact) mass is 249 g/mol. The number of hydrogen-bond donors (Lipinski definition) is 2. The molecule has 1 rings (SSSR count). The summed E-state index contributed by atoms with van der Waals surface area (Å²) >= 11 is 0. The maximum Gasteiger partial charge on any atom is 0.328 e. The van der Waals surface area contributed by atoms with Crippen LogP contribution in [0.4, 0.5) is 16.2 Å². The van der Waals surface area contributed by atoms with Gasteiger partial charge in [-0.05, 0) is 24.6 Å². The number of nitrogen functional groups attached to an aromatic ring is 1. The van der Waals surface area contributed by atoms with E-state index >= 15 is 0 Å². The van der Waals surface area contributed by atoms with Gasteiger partial charge >= 0.3 is 6.03 Å².